The van der Waals surface area contributed by atoms with Gasteiger partial charge in [-0.2, -0.15) is 0 Å². The summed E-state index contributed by atoms with van der Waals surface area (Å²) in [6, 6.07) is 4.50. The molecule has 2 saturated heterocycles. The van der Waals surface area contributed by atoms with Crippen molar-refractivity contribution in [2.75, 3.05) is 6.61 Å². The van der Waals surface area contributed by atoms with E-state index >= 15 is 0 Å². The predicted octanol–water partition coefficient (Wildman–Crippen LogP) is 2.20. The van der Waals surface area contributed by atoms with Crippen molar-refractivity contribution in [1.82, 2.24) is 10.2 Å². The fraction of sp³-hybridized carbons (Fsp3) is 0.667. The minimum absolute atomic E-state index is 0.0397. The molecule has 1 amide bonds. The number of hydrogen-bond donors (Lipinski definition) is 1. The lowest BCUT2D eigenvalue weighted by Crippen LogP contribution is -2.43. The molecule has 3 aliphatic rings. The molecule has 4 rings (SSSR count). The number of hydrogen-bond acceptors (Lipinski definition) is 4. The van der Waals surface area contributed by atoms with Gasteiger partial charge in [0.25, 0.3) is 0 Å². The SMILES string of the molecule is Cc1ccc(C2NC3(CC3)C(=O)N2C2CCOC2C)s1. The number of ether oxygens (including phenoxy) is 1. The fourth-order valence-corrected chi connectivity index (χ4v) is 4.41. The van der Waals surface area contributed by atoms with Crippen molar-refractivity contribution in [2.45, 2.75) is 57.0 Å². The van der Waals surface area contributed by atoms with E-state index < -0.39 is 0 Å². The van der Waals surface area contributed by atoms with Crippen LogP contribution in [-0.4, -0.2) is 35.1 Å². The van der Waals surface area contributed by atoms with Gasteiger partial charge in [-0.1, -0.05) is 0 Å². The summed E-state index contributed by atoms with van der Waals surface area (Å²) in [5, 5.41) is 3.60. The maximum Gasteiger partial charge on any atom is 0.244 e. The van der Waals surface area contributed by atoms with Crippen molar-refractivity contribution in [3.8, 4) is 0 Å². The van der Waals surface area contributed by atoms with E-state index in [9.17, 15) is 4.79 Å². The first kappa shape index (κ1) is 12.8. The summed E-state index contributed by atoms with van der Waals surface area (Å²) in [6.07, 6.45) is 3.08. The first-order valence-electron chi connectivity index (χ1n) is 7.39. The zero-order valence-electron chi connectivity index (χ0n) is 11.9. The molecule has 3 atom stereocenters. The van der Waals surface area contributed by atoms with Gasteiger partial charge in [0.2, 0.25) is 5.91 Å². The molecule has 0 aromatic carbocycles. The van der Waals surface area contributed by atoms with Gasteiger partial charge in [-0.05, 0) is 45.2 Å². The van der Waals surface area contributed by atoms with Crippen molar-refractivity contribution < 1.29 is 9.53 Å². The number of thiophene rings is 1. The van der Waals surface area contributed by atoms with Crippen LogP contribution >= 0.6 is 11.3 Å². The number of carbonyl (C=O) groups excluding carboxylic acids is 1. The second-order valence-corrected chi connectivity index (χ2v) is 7.54. The minimum atomic E-state index is -0.259. The quantitative estimate of drug-likeness (QED) is 0.908. The summed E-state index contributed by atoms with van der Waals surface area (Å²) < 4.78 is 5.69. The average Bonchev–Trinajstić information content (AvgIpc) is 2.73. The fourth-order valence-electron chi connectivity index (χ4n) is 3.48. The maximum absolute atomic E-state index is 12.8. The lowest BCUT2D eigenvalue weighted by atomic mass is 10.1. The first-order chi connectivity index (χ1) is 9.61. The van der Waals surface area contributed by atoms with Crippen LogP contribution in [0.3, 0.4) is 0 Å². The highest BCUT2D eigenvalue weighted by atomic mass is 32.1. The van der Waals surface area contributed by atoms with Gasteiger partial charge in [0.1, 0.15) is 11.7 Å². The third kappa shape index (κ3) is 1.76. The Bertz CT molecular complexity index is 552. The number of nitrogens with zero attached hydrogens (tertiary/aromatic N) is 1. The lowest BCUT2D eigenvalue weighted by Gasteiger charge is -2.31. The molecule has 1 N–H and O–H groups in total. The second-order valence-electron chi connectivity index (χ2n) is 6.22. The van der Waals surface area contributed by atoms with E-state index in [0.29, 0.717) is 0 Å². The molecule has 3 unspecified atom stereocenters. The Labute approximate surface area is 123 Å². The summed E-state index contributed by atoms with van der Waals surface area (Å²) in [5.74, 6) is 0.288. The molecule has 4 nitrogen and oxygen atoms in total. The summed E-state index contributed by atoms with van der Waals surface area (Å²) in [6.45, 7) is 4.96. The Kier molecular flexibility index (Phi) is 2.75. The van der Waals surface area contributed by atoms with Crippen LogP contribution in [0, 0.1) is 6.92 Å². The number of carbonyl (C=O) groups is 1. The van der Waals surface area contributed by atoms with Crippen LogP contribution < -0.4 is 5.32 Å². The number of aryl methyl sites for hydroxylation is 1. The number of amides is 1. The second kappa shape index (κ2) is 4.29. The summed E-state index contributed by atoms with van der Waals surface area (Å²) >= 11 is 1.78. The highest BCUT2D eigenvalue weighted by Crippen LogP contribution is 2.48. The molecule has 3 fully saturated rings. The standard InChI is InChI=1S/C15H20N2O2S/c1-9-3-4-12(20-9)13-16-15(6-7-15)14(18)17(13)11-5-8-19-10(11)2/h3-4,10-11,13,16H,5-8H2,1-2H3. The van der Waals surface area contributed by atoms with E-state index in [1.54, 1.807) is 11.3 Å². The summed E-state index contributed by atoms with van der Waals surface area (Å²) in [4.78, 5) is 17.4. The molecular weight excluding hydrogens is 272 g/mol. The first-order valence-corrected chi connectivity index (χ1v) is 8.21. The largest absolute Gasteiger partial charge is 0.376 e. The number of nitrogens with one attached hydrogen (secondary N) is 1. The van der Waals surface area contributed by atoms with E-state index in [1.807, 2.05) is 0 Å². The van der Waals surface area contributed by atoms with Crippen LogP contribution in [0.4, 0.5) is 0 Å². The van der Waals surface area contributed by atoms with Crippen molar-refractivity contribution in [3.05, 3.63) is 21.9 Å². The van der Waals surface area contributed by atoms with E-state index in [2.05, 4.69) is 36.2 Å². The molecule has 20 heavy (non-hydrogen) atoms. The molecule has 0 radical (unpaired) electrons. The van der Waals surface area contributed by atoms with Gasteiger partial charge in [0.15, 0.2) is 0 Å². The Hall–Kier alpha value is -0.910. The molecule has 108 valence electrons. The molecule has 0 bridgehead atoms. The van der Waals surface area contributed by atoms with Gasteiger partial charge in [-0.15, -0.1) is 11.3 Å². The van der Waals surface area contributed by atoms with Gasteiger partial charge in [-0.3, -0.25) is 10.1 Å². The molecular formula is C15H20N2O2S. The highest BCUT2D eigenvalue weighted by molar-refractivity contribution is 7.12. The van der Waals surface area contributed by atoms with Gasteiger partial charge >= 0.3 is 0 Å². The minimum Gasteiger partial charge on any atom is -0.376 e. The van der Waals surface area contributed by atoms with Gasteiger partial charge in [-0.25, -0.2) is 0 Å². The summed E-state index contributed by atoms with van der Waals surface area (Å²) in [5.41, 5.74) is -0.259. The van der Waals surface area contributed by atoms with Crippen LogP contribution in [0.2, 0.25) is 0 Å². The Morgan fingerprint density at radius 3 is 2.80 bits per heavy atom. The van der Waals surface area contributed by atoms with Crippen molar-refractivity contribution in [1.29, 1.82) is 0 Å². The zero-order chi connectivity index (χ0) is 13.9. The third-order valence-corrected chi connectivity index (χ3v) is 5.86. The lowest BCUT2D eigenvalue weighted by molar-refractivity contribution is -0.134. The number of rotatable bonds is 2. The van der Waals surface area contributed by atoms with Crippen LogP contribution in [0.15, 0.2) is 12.1 Å². The third-order valence-electron chi connectivity index (χ3n) is 4.81. The molecule has 2 aliphatic heterocycles. The average molecular weight is 292 g/mol. The topological polar surface area (TPSA) is 41.6 Å². The smallest absolute Gasteiger partial charge is 0.244 e. The van der Waals surface area contributed by atoms with Crippen molar-refractivity contribution in [3.63, 3.8) is 0 Å². The van der Waals surface area contributed by atoms with Gasteiger partial charge < -0.3 is 9.64 Å². The van der Waals surface area contributed by atoms with Crippen LogP contribution in [0.1, 0.15) is 42.1 Å². The Balaban J connectivity index is 1.70. The molecule has 1 aromatic heterocycles. The van der Waals surface area contributed by atoms with Crippen molar-refractivity contribution in [2.24, 2.45) is 0 Å². The Morgan fingerprint density at radius 2 is 2.25 bits per heavy atom. The monoisotopic (exact) mass is 292 g/mol. The van der Waals surface area contributed by atoms with Gasteiger partial charge in [0.05, 0.1) is 12.1 Å². The van der Waals surface area contributed by atoms with Crippen molar-refractivity contribution >= 4 is 17.2 Å². The van der Waals surface area contributed by atoms with E-state index in [1.165, 1.54) is 9.75 Å². The van der Waals surface area contributed by atoms with Gasteiger partial charge in [0, 0.05) is 16.4 Å². The van der Waals surface area contributed by atoms with E-state index in [4.69, 9.17) is 4.74 Å². The maximum atomic E-state index is 12.8. The molecule has 1 aromatic rings. The van der Waals surface area contributed by atoms with Crippen LogP contribution in [0.25, 0.3) is 0 Å². The highest BCUT2D eigenvalue weighted by Gasteiger charge is 2.61. The Morgan fingerprint density at radius 1 is 1.45 bits per heavy atom. The zero-order valence-corrected chi connectivity index (χ0v) is 12.7. The predicted molar refractivity (Wildman–Crippen MR) is 77.6 cm³/mol. The molecule has 1 saturated carbocycles. The molecule has 1 aliphatic carbocycles. The van der Waals surface area contributed by atoms with E-state index in [0.717, 1.165) is 25.9 Å². The molecule has 5 heteroatoms. The molecule has 3 heterocycles. The summed E-state index contributed by atoms with van der Waals surface area (Å²) in [7, 11) is 0. The van der Waals surface area contributed by atoms with E-state index in [-0.39, 0.29) is 29.8 Å². The molecule has 1 spiro atoms. The van der Waals surface area contributed by atoms with Crippen LogP contribution in [-0.2, 0) is 9.53 Å². The van der Waals surface area contributed by atoms with Crippen LogP contribution in [0.5, 0.6) is 0 Å². The normalized spacial score (nSPS) is 35.2.